The summed E-state index contributed by atoms with van der Waals surface area (Å²) < 4.78 is 2.17. The molecule has 1 spiro atoms. The van der Waals surface area contributed by atoms with Gasteiger partial charge in [-0.3, -0.25) is 19.6 Å². The van der Waals surface area contributed by atoms with Crippen molar-refractivity contribution >= 4 is 35.6 Å². The molecule has 0 unspecified atom stereocenters. The number of nitrogens with one attached hydrogen (secondary N) is 2. The molecule has 11 heteroatoms. The molecule has 2 saturated carbocycles. The van der Waals surface area contributed by atoms with Crippen LogP contribution < -0.4 is 15.6 Å². The van der Waals surface area contributed by atoms with Gasteiger partial charge in [0.2, 0.25) is 11.9 Å². The average Bonchev–Trinajstić information content (AvgIpc) is 3.51. The van der Waals surface area contributed by atoms with Crippen LogP contribution in [0.3, 0.4) is 0 Å². The summed E-state index contributed by atoms with van der Waals surface area (Å²) in [4.78, 5) is 40.3. The van der Waals surface area contributed by atoms with Gasteiger partial charge in [-0.25, -0.2) is 4.79 Å². The largest absolute Gasteiger partial charge is 0.344 e. The van der Waals surface area contributed by atoms with E-state index in [2.05, 4.69) is 44.3 Å². The maximum Gasteiger partial charge on any atom is 0.344 e. The molecule has 0 radical (unpaired) electrons. The highest BCUT2D eigenvalue weighted by atomic mass is 32.2. The van der Waals surface area contributed by atoms with Crippen molar-refractivity contribution in [2.24, 2.45) is 11.8 Å². The van der Waals surface area contributed by atoms with Crippen molar-refractivity contribution in [2.75, 3.05) is 23.7 Å². The molecule has 0 bridgehead atoms. The van der Waals surface area contributed by atoms with Crippen LogP contribution in [0.4, 0.5) is 10.7 Å². The van der Waals surface area contributed by atoms with Gasteiger partial charge < -0.3 is 10.2 Å². The number of aromatic nitrogens is 3. The van der Waals surface area contributed by atoms with Gasteiger partial charge in [-0.2, -0.15) is 5.01 Å². The summed E-state index contributed by atoms with van der Waals surface area (Å²) in [5, 5.41) is 13.2. The van der Waals surface area contributed by atoms with Crippen molar-refractivity contribution in [3.8, 4) is 0 Å². The van der Waals surface area contributed by atoms with Crippen molar-refractivity contribution in [2.45, 2.75) is 82.0 Å². The Morgan fingerprint density at radius 3 is 2.39 bits per heavy atom. The molecule has 4 aliphatic rings. The molecule has 0 atom stereocenters. The Labute approximate surface area is 198 Å². The first-order valence-electron chi connectivity index (χ1n) is 12.1. The highest BCUT2D eigenvalue weighted by Crippen LogP contribution is 2.41. The van der Waals surface area contributed by atoms with Gasteiger partial charge in [0.15, 0.2) is 5.16 Å². The molecule has 2 saturated heterocycles. The Bertz CT molecular complexity index is 930. The number of rotatable bonds is 6. The van der Waals surface area contributed by atoms with E-state index in [1.54, 1.807) is 0 Å². The van der Waals surface area contributed by atoms with Crippen LogP contribution in [-0.4, -0.2) is 62.0 Å². The fourth-order valence-electron chi connectivity index (χ4n) is 5.05. The first-order chi connectivity index (χ1) is 15.9. The highest BCUT2D eigenvalue weighted by Gasteiger charge is 2.52. The van der Waals surface area contributed by atoms with Gasteiger partial charge in [0.1, 0.15) is 5.54 Å². The Kier molecular flexibility index (Phi) is 6.00. The lowest BCUT2D eigenvalue weighted by molar-refractivity contribution is -0.139. The average molecular weight is 476 g/mol. The second kappa shape index (κ2) is 8.81. The van der Waals surface area contributed by atoms with Gasteiger partial charge in [0.25, 0.3) is 5.91 Å². The maximum absolute atomic E-state index is 13.0. The van der Waals surface area contributed by atoms with Crippen LogP contribution in [-0.2, 0) is 9.59 Å². The van der Waals surface area contributed by atoms with Crippen LogP contribution in [0.25, 0.3) is 0 Å². The van der Waals surface area contributed by atoms with Crippen molar-refractivity contribution in [1.82, 2.24) is 30.5 Å². The lowest BCUT2D eigenvalue weighted by atomic mass is 9.77. The molecule has 0 aromatic carbocycles. The summed E-state index contributed by atoms with van der Waals surface area (Å²) in [5.74, 6) is 1.49. The van der Waals surface area contributed by atoms with E-state index < -0.39 is 17.5 Å². The summed E-state index contributed by atoms with van der Waals surface area (Å²) in [6.07, 6.45) is 7.49. The number of carbonyl (C=O) groups excluding carboxylic acids is 3. The maximum atomic E-state index is 13.0. The molecule has 2 N–H and O–H groups in total. The monoisotopic (exact) mass is 475 g/mol. The normalized spacial score (nSPS) is 28.5. The molecular weight excluding hydrogens is 442 g/mol. The smallest absolute Gasteiger partial charge is 0.341 e. The van der Waals surface area contributed by atoms with E-state index in [4.69, 9.17) is 0 Å². The Morgan fingerprint density at radius 1 is 1.06 bits per heavy atom. The number of hydrogen-bond acceptors (Lipinski definition) is 7. The standard InChI is InChI=1S/C22H33N7O3S/c1-14-5-9-22(10-6-14)18(31)29(20(32)23-22)26-17(30)13-33-21-25-24-19(28(21)16-3-4-16)27-11-7-15(2)8-12-27/h14-16H,3-13H2,1-2H3,(H,23,32)(H,26,30). The molecule has 33 heavy (non-hydrogen) atoms. The Hall–Kier alpha value is -2.30. The van der Waals surface area contributed by atoms with E-state index in [1.807, 2.05) is 0 Å². The molecule has 180 valence electrons. The third-order valence-electron chi connectivity index (χ3n) is 7.48. The van der Waals surface area contributed by atoms with Gasteiger partial charge in [-0.1, -0.05) is 25.6 Å². The van der Waals surface area contributed by atoms with Crippen molar-refractivity contribution < 1.29 is 14.4 Å². The van der Waals surface area contributed by atoms with Crippen LogP contribution >= 0.6 is 11.8 Å². The Morgan fingerprint density at radius 2 is 1.73 bits per heavy atom. The van der Waals surface area contributed by atoms with Crippen LogP contribution in [0.2, 0.25) is 0 Å². The number of amides is 4. The molecule has 3 heterocycles. The zero-order chi connectivity index (χ0) is 23.2. The molecule has 4 fully saturated rings. The van der Waals surface area contributed by atoms with Crippen LogP contribution in [0, 0.1) is 11.8 Å². The van der Waals surface area contributed by atoms with E-state index >= 15 is 0 Å². The minimum atomic E-state index is -0.864. The zero-order valence-corrected chi connectivity index (χ0v) is 20.2. The van der Waals surface area contributed by atoms with Crippen molar-refractivity contribution in [3.63, 3.8) is 0 Å². The number of thioether (sulfide) groups is 1. The topological polar surface area (TPSA) is 112 Å². The number of imide groups is 1. The Balaban J connectivity index is 1.20. The lowest BCUT2D eigenvalue weighted by Gasteiger charge is -2.33. The first kappa shape index (κ1) is 22.5. The summed E-state index contributed by atoms with van der Waals surface area (Å²) in [5.41, 5.74) is 1.65. The van der Waals surface area contributed by atoms with Gasteiger partial charge in [-0.05, 0) is 63.2 Å². The summed E-state index contributed by atoms with van der Waals surface area (Å²) >= 11 is 1.30. The van der Waals surface area contributed by atoms with Crippen LogP contribution in [0.1, 0.15) is 71.3 Å². The third kappa shape index (κ3) is 4.43. The van der Waals surface area contributed by atoms with E-state index in [0.29, 0.717) is 24.8 Å². The number of hydrogen-bond donors (Lipinski definition) is 2. The summed E-state index contributed by atoms with van der Waals surface area (Å²) in [7, 11) is 0. The van der Waals surface area contributed by atoms with Gasteiger partial charge >= 0.3 is 6.03 Å². The summed E-state index contributed by atoms with van der Waals surface area (Å²) in [6.45, 7) is 6.39. The summed E-state index contributed by atoms with van der Waals surface area (Å²) in [6, 6.07) is -0.157. The van der Waals surface area contributed by atoms with E-state index in [9.17, 15) is 14.4 Å². The molecule has 10 nitrogen and oxygen atoms in total. The minimum Gasteiger partial charge on any atom is -0.341 e. The second-order valence-electron chi connectivity index (χ2n) is 10.2. The number of nitrogens with zero attached hydrogens (tertiary/aromatic N) is 5. The lowest BCUT2D eigenvalue weighted by Crippen LogP contribution is -2.51. The number of hydrazine groups is 1. The van der Waals surface area contributed by atoms with Gasteiger partial charge in [0, 0.05) is 19.1 Å². The SMILES string of the molecule is CC1CCN(c2nnc(SCC(=O)NN3C(=O)NC4(CCC(C)CC4)C3=O)n2C2CC2)CC1. The van der Waals surface area contributed by atoms with Crippen molar-refractivity contribution in [1.29, 1.82) is 0 Å². The molecular formula is C22H33N7O3S. The number of urea groups is 1. The van der Waals surface area contributed by atoms with Gasteiger partial charge in [0.05, 0.1) is 5.75 Å². The zero-order valence-electron chi connectivity index (χ0n) is 19.4. The fraction of sp³-hybridized carbons (Fsp3) is 0.773. The molecule has 4 amide bonds. The number of carbonyl (C=O) groups is 3. The number of piperidine rings is 1. The van der Waals surface area contributed by atoms with Crippen LogP contribution in [0.5, 0.6) is 0 Å². The van der Waals surface area contributed by atoms with Crippen LogP contribution in [0.15, 0.2) is 5.16 Å². The third-order valence-corrected chi connectivity index (χ3v) is 8.43. The van der Waals surface area contributed by atoms with Gasteiger partial charge in [-0.15, -0.1) is 10.2 Å². The molecule has 2 aliphatic heterocycles. The van der Waals surface area contributed by atoms with E-state index in [0.717, 1.165) is 73.6 Å². The first-order valence-corrected chi connectivity index (χ1v) is 13.1. The molecule has 5 rings (SSSR count). The number of anilines is 1. The molecule has 1 aromatic heterocycles. The molecule has 1 aromatic rings. The predicted octanol–water partition coefficient (Wildman–Crippen LogP) is 2.47. The van der Waals surface area contributed by atoms with E-state index in [-0.39, 0.29) is 11.7 Å². The van der Waals surface area contributed by atoms with E-state index in [1.165, 1.54) is 11.8 Å². The minimum absolute atomic E-state index is 0.0585. The highest BCUT2D eigenvalue weighted by molar-refractivity contribution is 7.99. The molecule has 2 aliphatic carbocycles. The van der Waals surface area contributed by atoms with Crippen molar-refractivity contribution in [3.05, 3.63) is 0 Å². The second-order valence-corrected chi connectivity index (χ2v) is 11.2. The predicted molar refractivity (Wildman–Crippen MR) is 124 cm³/mol. The quantitative estimate of drug-likeness (QED) is 0.480. The fourth-order valence-corrected chi connectivity index (χ4v) is 5.84.